The number of amides is 1. The molecule has 1 aliphatic heterocycles. The Kier molecular flexibility index (Phi) is 6.44. The molecule has 0 saturated carbocycles. The topological polar surface area (TPSA) is 45.2 Å². The second-order valence-electron chi connectivity index (χ2n) is 7.70. The molecule has 160 valence electrons. The summed E-state index contributed by atoms with van der Waals surface area (Å²) >= 11 is 12.6. The molecule has 1 N–H and O–H groups in total. The van der Waals surface area contributed by atoms with Gasteiger partial charge in [-0.3, -0.25) is 9.78 Å². The number of halogens is 3. The molecule has 0 radical (unpaired) electrons. The van der Waals surface area contributed by atoms with Crippen molar-refractivity contribution in [2.75, 3.05) is 18.4 Å². The Morgan fingerprint density at radius 1 is 1.06 bits per heavy atom. The van der Waals surface area contributed by atoms with Gasteiger partial charge in [-0.1, -0.05) is 41.4 Å². The second-order valence-corrected chi connectivity index (χ2v) is 8.51. The number of hydrogen-bond donors (Lipinski definition) is 1. The van der Waals surface area contributed by atoms with Crippen LogP contribution in [0.5, 0.6) is 0 Å². The molecule has 4 rings (SSSR count). The van der Waals surface area contributed by atoms with Gasteiger partial charge in [0.05, 0.1) is 16.3 Å². The standard InChI is InChI=1S/C24H22Cl2FN3O/c1-15-20(25)3-2-4-22(15)29-23-19(13-28-14-21(23)26)24(31)30-11-9-17(10-12-30)16-5-7-18(27)8-6-16/h2-8,13-14,17H,9-12H2,1H3,(H,28,29). The lowest BCUT2D eigenvalue weighted by Gasteiger charge is -2.32. The van der Waals surface area contributed by atoms with Crippen LogP contribution in [-0.2, 0) is 0 Å². The zero-order valence-corrected chi connectivity index (χ0v) is 18.6. The van der Waals surface area contributed by atoms with Gasteiger partial charge in [-0.05, 0) is 61.1 Å². The average molecular weight is 458 g/mol. The SMILES string of the molecule is Cc1c(Cl)cccc1Nc1c(Cl)cncc1C(=O)N1CCC(c2ccc(F)cc2)CC1. The predicted octanol–water partition coefficient (Wildman–Crippen LogP) is 6.60. The number of aromatic nitrogens is 1. The number of benzene rings is 2. The molecule has 0 unspecified atom stereocenters. The van der Waals surface area contributed by atoms with Crippen molar-refractivity contribution < 1.29 is 9.18 Å². The molecule has 7 heteroatoms. The molecule has 1 aromatic heterocycles. The lowest BCUT2D eigenvalue weighted by Crippen LogP contribution is -2.38. The van der Waals surface area contributed by atoms with Gasteiger partial charge in [-0.15, -0.1) is 0 Å². The number of nitrogens with zero attached hydrogens (tertiary/aromatic N) is 2. The van der Waals surface area contributed by atoms with Crippen LogP contribution in [0.3, 0.4) is 0 Å². The van der Waals surface area contributed by atoms with E-state index in [-0.39, 0.29) is 11.7 Å². The van der Waals surface area contributed by atoms with Gasteiger partial charge in [0.2, 0.25) is 0 Å². The summed E-state index contributed by atoms with van der Waals surface area (Å²) in [4.78, 5) is 19.3. The van der Waals surface area contributed by atoms with Gasteiger partial charge < -0.3 is 10.2 Å². The first kappa shape index (κ1) is 21.6. The smallest absolute Gasteiger partial charge is 0.257 e. The Bertz CT molecular complexity index is 1100. The van der Waals surface area contributed by atoms with Crippen molar-refractivity contribution >= 4 is 40.5 Å². The van der Waals surface area contributed by atoms with Gasteiger partial charge >= 0.3 is 0 Å². The number of pyridine rings is 1. The molecule has 2 heterocycles. The van der Waals surface area contributed by atoms with E-state index >= 15 is 0 Å². The summed E-state index contributed by atoms with van der Waals surface area (Å²) in [5.41, 5.74) is 3.71. The fourth-order valence-corrected chi connectivity index (χ4v) is 4.30. The monoisotopic (exact) mass is 457 g/mol. The van der Waals surface area contributed by atoms with Crippen LogP contribution in [0.2, 0.25) is 10.0 Å². The number of anilines is 2. The van der Waals surface area contributed by atoms with Crippen molar-refractivity contribution in [3.63, 3.8) is 0 Å². The predicted molar refractivity (Wildman–Crippen MR) is 123 cm³/mol. The minimum Gasteiger partial charge on any atom is -0.353 e. The summed E-state index contributed by atoms with van der Waals surface area (Å²) in [6.07, 6.45) is 4.70. The van der Waals surface area contributed by atoms with Crippen molar-refractivity contribution in [2.45, 2.75) is 25.7 Å². The highest BCUT2D eigenvalue weighted by Crippen LogP contribution is 2.34. The van der Waals surface area contributed by atoms with Crippen LogP contribution in [0, 0.1) is 12.7 Å². The first-order chi connectivity index (χ1) is 14.9. The van der Waals surface area contributed by atoms with E-state index in [1.54, 1.807) is 6.20 Å². The van der Waals surface area contributed by atoms with Crippen LogP contribution in [-0.4, -0.2) is 28.9 Å². The van der Waals surface area contributed by atoms with Crippen molar-refractivity contribution in [3.05, 3.63) is 87.4 Å². The Balaban J connectivity index is 1.52. The molecule has 4 nitrogen and oxygen atoms in total. The molecule has 1 aliphatic rings. The van der Waals surface area contributed by atoms with Crippen LogP contribution in [0.15, 0.2) is 54.9 Å². The maximum absolute atomic E-state index is 13.3. The Hall–Kier alpha value is -2.63. The number of hydrogen-bond acceptors (Lipinski definition) is 3. The molecule has 0 aliphatic carbocycles. The highest BCUT2D eigenvalue weighted by molar-refractivity contribution is 6.34. The normalized spacial score (nSPS) is 14.5. The largest absolute Gasteiger partial charge is 0.353 e. The zero-order chi connectivity index (χ0) is 22.0. The number of carbonyl (C=O) groups is 1. The van der Waals surface area contributed by atoms with E-state index in [1.807, 2.05) is 42.2 Å². The third kappa shape index (κ3) is 4.68. The van der Waals surface area contributed by atoms with Crippen LogP contribution in [0.1, 0.15) is 40.2 Å². The first-order valence-corrected chi connectivity index (χ1v) is 10.9. The molecule has 1 fully saturated rings. The van der Waals surface area contributed by atoms with Crippen LogP contribution < -0.4 is 5.32 Å². The van der Waals surface area contributed by atoms with Gasteiger partial charge in [-0.2, -0.15) is 0 Å². The number of carbonyl (C=O) groups excluding carboxylic acids is 1. The maximum Gasteiger partial charge on any atom is 0.257 e. The minimum atomic E-state index is -0.236. The van der Waals surface area contributed by atoms with Crippen LogP contribution in [0.25, 0.3) is 0 Å². The average Bonchev–Trinajstić information content (AvgIpc) is 2.78. The summed E-state index contributed by atoms with van der Waals surface area (Å²) in [7, 11) is 0. The van der Waals surface area contributed by atoms with Crippen molar-refractivity contribution in [1.29, 1.82) is 0 Å². The van der Waals surface area contributed by atoms with E-state index in [9.17, 15) is 9.18 Å². The Morgan fingerprint density at radius 2 is 1.77 bits per heavy atom. The van der Waals surface area contributed by atoms with Crippen molar-refractivity contribution in [1.82, 2.24) is 9.88 Å². The van der Waals surface area contributed by atoms with E-state index in [1.165, 1.54) is 18.3 Å². The minimum absolute atomic E-state index is 0.116. The Labute approximate surface area is 191 Å². The third-order valence-corrected chi connectivity index (χ3v) is 6.48. The van der Waals surface area contributed by atoms with E-state index in [4.69, 9.17) is 23.2 Å². The van der Waals surface area contributed by atoms with Gasteiger partial charge in [0, 0.05) is 36.2 Å². The third-order valence-electron chi connectivity index (χ3n) is 5.78. The highest BCUT2D eigenvalue weighted by atomic mass is 35.5. The van der Waals surface area contributed by atoms with E-state index in [0.717, 1.165) is 29.7 Å². The number of likely N-dealkylation sites (tertiary alicyclic amines) is 1. The molecule has 0 bridgehead atoms. The second kappa shape index (κ2) is 9.25. The quantitative estimate of drug-likeness (QED) is 0.479. The summed E-state index contributed by atoms with van der Waals surface area (Å²) in [6.45, 7) is 3.13. The zero-order valence-electron chi connectivity index (χ0n) is 17.0. The van der Waals surface area contributed by atoms with E-state index in [0.29, 0.717) is 40.3 Å². The summed E-state index contributed by atoms with van der Waals surface area (Å²) in [6, 6.07) is 12.2. The highest BCUT2D eigenvalue weighted by Gasteiger charge is 2.27. The molecule has 1 saturated heterocycles. The van der Waals surface area contributed by atoms with Gasteiger partial charge in [-0.25, -0.2) is 4.39 Å². The lowest BCUT2D eigenvalue weighted by atomic mass is 9.89. The van der Waals surface area contributed by atoms with Crippen molar-refractivity contribution in [3.8, 4) is 0 Å². The summed E-state index contributed by atoms with van der Waals surface area (Å²) in [5.74, 6) is -0.0385. The Morgan fingerprint density at radius 3 is 2.48 bits per heavy atom. The fourth-order valence-electron chi connectivity index (χ4n) is 3.92. The summed E-state index contributed by atoms with van der Waals surface area (Å²) < 4.78 is 13.2. The number of rotatable bonds is 4. The number of nitrogens with one attached hydrogen (secondary N) is 1. The first-order valence-electron chi connectivity index (χ1n) is 10.1. The van der Waals surface area contributed by atoms with Gasteiger partial charge in [0.25, 0.3) is 5.91 Å². The van der Waals surface area contributed by atoms with Crippen molar-refractivity contribution in [2.24, 2.45) is 0 Å². The van der Waals surface area contributed by atoms with Gasteiger partial charge in [0.15, 0.2) is 0 Å². The summed E-state index contributed by atoms with van der Waals surface area (Å²) in [5, 5.41) is 4.27. The number of piperidine rings is 1. The van der Waals surface area contributed by atoms with E-state index in [2.05, 4.69) is 10.3 Å². The molecular formula is C24H22Cl2FN3O. The molecule has 0 spiro atoms. The van der Waals surface area contributed by atoms with Crippen LogP contribution in [0.4, 0.5) is 15.8 Å². The van der Waals surface area contributed by atoms with Crippen LogP contribution >= 0.6 is 23.2 Å². The molecular weight excluding hydrogens is 436 g/mol. The maximum atomic E-state index is 13.3. The molecule has 0 atom stereocenters. The molecule has 1 amide bonds. The van der Waals surface area contributed by atoms with E-state index < -0.39 is 0 Å². The molecule has 31 heavy (non-hydrogen) atoms. The fraction of sp³-hybridized carbons (Fsp3) is 0.250. The lowest BCUT2D eigenvalue weighted by molar-refractivity contribution is 0.0713. The molecule has 3 aromatic rings. The molecule has 2 aromatic carbocycles. The van der Waals surface area contributed by atoms with Gasteiger partial charge in [0.1, 0.15) is 5.82 Å².